The van der Waals surface area contributed by atoms with E-state index in [2.05, 4.69) is 28.7 Å². The first kappa shape index (κ1) is 19.8. The molecule has 31 heavy (non-hydrogen) atoms. The van der Waals surface area contributed by atoms with Crippen molar-refractivity contribution in [3.63, 3.8) is 0 Å². The maximum atomic E-state index is 5.63. The number of nitrogens with zero attached hydrogens (tertiary/aromatic N) is 4. The molecule has 3 unspecified atom stereocenters. The smallest absolute Gasteiger partial charge is 0.211 e. The molecule has 7 heteroatoms. The Labute approximate surface area is 185 Å². The van der Waals surface area contributed by atoms with E-state index >= 15 is 0 Å². The van der Waals surface area contributed by atoms with E-state index in [0.717, 1.165) is 33.2 Å². The lowest BCUT2D eigenvalue weighted by molar-refractivity contribution is 0.404. The second-order valence-electron chi connectivity index (χ2n) is 7.81. The molecule has 1 fully saturated rings. The van der Waals surface area contributed by atoms with Crippen molar-refractivity contribution in [1.29, 1.82) is 0 Å². The van der Waals surface area contributed by atoms with E-state index < -0.39 is 0 Å². The minimum absolute atomic E-state index is 0.466. The monoisotopic (exact) mass is 432 g/mol. The van der Waals surface area contributed by atoms with Crippen molar-refractivity contribution in [2.75, 3.05) is 14.2 Å². The quantitative estimate of drug-likeness (QED) is 0.411. The van der Waals surface area contributed by atoms with E-state index in [1.54, 1.807) is 38.0 Å². The first-order chi connectivity index (χ1) is 15.2. The summed E-state index contributed by atoms with van der Waals surface area (Å²) in [5.74, 6) is 3.29. The largest absolute Gasteiger partial charge is 0.497 e. The zero-order valence-electron chi connectivity index (χ0n) is 17.5. The molecular formula is C24H24N4O2S. The van der Waals surface area contributed by atoms with Crippen LogP contribution in [0.25, 0.3) is 11.3 Å². The van der Waals surface area contributed by atoms with Crippen molar-refractivity contribution >= 4 is 23.2 Å². The average molecular weight is 433 g/mol. The SMILES string of the molecule is COc1ccc(OC)c(-c2csc(=Nc3cccnc3)n2N=CC2CC3C=CC2C3)c1. The number of rotatable bonds is 6. The third-order valence-corrected chi connectivity index (χ3v) is 6.76. The van der Waals surface area contributed by atoms with Gasteiger partial charge in [-0.2, -0.15) is 5.10 Å². The van der Waals surface area contributed by atoms with Crippen LogP contribution in [0.5, 0.6) is 11.5 Å². The van der Waals surface area contributed by atoms with Crippen LogP contribution in [-0.2, 0) is 0 Å². The molecule has 5 rings (SSSR count). The number of benzene rings is 1. The number of aromatic nitrogens is 2. The van der Waals surface area contributed by atoms with Crippen molar-refractivity contribution < 1.29 is 9.47 Å². The number of thiazole rings is 1. The van der Waals surface area contributed by atoms with Gasteiger partial charge in [0.05, 0.1) is 31.8 Å². The first-order valence-corrected chi connectivity index (χ1v) is 11.2. The molecule has 3 aromatic rings. The Bertz CT molecular complexity index is 1200. The average Bonchev–Trinajstić information content (AvgIpc) is 3.54. The first-order valence-electron chi connectivity index (χ1n) is 10.4. The molecule has 0 N–H and O–H groups in total. The second kappa shape index (κ2) is 8.51. The van der Waals surface area contributed by atoms with Crippen molar-refractivity contribution in [3.8, 4) is 22.8 Å². The molecule has 0 aliphatic heterocycles. The van der Waals surface area contributed by atoms with Gasteiger partial charge in [-0.1, -0.05) is 12.2 Å². The molecule has 2 aliphatic carbocycles. The van der Waals surface area contributed by atoms with Crippen molar-refractivity contribution in [2.45, 2.75) is 12.8 Å². The zero-order valence-corrected chi connectivity index (χ0v) is 18.3. The zero-order chi connectivity index (χ0) is 21.2. The predicted octanol–water partition coefficient (Wildman–Crippen LogP) is 4.91. The minimum atomic E-state index is 0.466. The summed E-state index contributed by atoms with van der Waals surface area (Å²) in [6.07, 6.45) is 12.7. The van der Waals surface area contributed by atoms with Gasteiger partial charge in [-0.25, -0.2) is 9.67 Å². The fourth-order valence-corrected chi connectivity index (χ4v) is 5.21. The normalized spacial score (nSPS) is 22.5. The molecule has 0 saturated heterocycles. The number of hydrogen-bond donors (Lipinski definition) is 0. The third-order valence-electron chi connectivity index (χ3n) is 5.94. The van der Waals surface area contributed by atoms with Crippen LogP contribution in [0.2, 0.25) is 0 Å². The van der Waals surface area contributed by atoms with Gasteiger partial charge in [-0.3, -0.25) is 4.98 Å². The van der Waals surface area contributed by atoms with Gasteiger partial charge in [0.25, 0.3) is 0 Å². The van der Waals surface area contributed by atoms with Gasteiger partial charge in [-0.15, -0.1) is 11.3 Å². The number of allylic oxidation sites excluding steroid dienone is 2. The fourth-order valence-electron chi connectivity index (χ4n) is 4.37. The van der Waals surface area contributed by atoms with E-state index in [4.69, 9.17) is 19.6 Å². The summed E-state index contributed by atoms with van der Waals surface area (Å²) in [6, 6.07) is 9.60. The minimum Gasteiger partial charge on any atom is -0.497 e. The lowest BCUT2D eigenvalue weighted by atomic mass is 9.95. The highest BCUT2D eigenvalue weighted by Crippen LogP contribution is 2.42. The predicted molar refractivity (Wildman–Crippen MR) is 123 cm³/mol. The maximum Gasteiger partial charge on any atom is 0.211 e. The number of hydrogen-bond acceptors (Lipinski definition) is 6. The van der Waals surface area contributed by atoms with Crippen LogP contribution < -0.4 is 14.3 Å². The summed E-state index contributed by atoms with van der Waals surface area (Å²) in [7, 11) is 3.34. The number of methoxy groups -OCH3 is 2. The summed E-state index contributed by atoms with van der Waals surface area (Å²) in [4.78, 5) is 9.76. The van der Waals surface area contributed by atoms with E-state index in [1.165, 1.54) is 12.8 Å². The summed E-state index contributed by atoms with van der Waals surface area (Å²) in [5, 5.41) is 6.99. The molecular weight excluding hydrogens is 408 g/mol. The van der Waals surface area contributed by atoms with Crippen molar-refractivity contribution in [3.05, 3.63) is 65.1 Å². The Hall–Kier alpha value is -3.19. The Morgan fingerprint density at radius 3 is 2.81 bits per heavy atom. The van der Waals surface area contributed by atoms with Crippen LogP contribution in [0.1, 0.15) is 12.8 Å². The lowest BCUT2D eigenvalue weighted by Crippen LogP contribution is -2.15. The maximum absolute atomic E-state index is 5.63. The van der Waals surface area contributed by atoms with Crippen LogP contribution in [0.4, 0.5) is 5.69 Å². The number of fused-ring (bicyclic) bond motifs is 2. The molecule has 3 atom stereocenters. The topological polar surface area (TPSA) is 61.0 Å². The van der Waals surface area contributed by atoms with Gasteiger partial charge < -0.3 is 9.47 Å². The molecule has 1 saturated carbocycles. The van der Waals surface area contributed by atoms with Gasteiger partial charge in [0.2, 0.25) is 4.80 Å². The van der Waals surface area contributed by atoms with Crippen LogP contribution in [-0.4, -0.2) is 30.1 Å². The number of ether oxygens (including phenoxy) is 2. The standard InChI is InChI=1S/C24H24N4O2S/c1-29-20-7-8-23(30-2)21(12-20)22-15-31-24(27-19-4-3-9-25-14-19)28(22)26-13-18-11-16-5-6-17(18)10-16/h3-9,12-18H,10-11H2,1-2H3. The van der Waals surface area contributed by atoms with Crippen molar-refractivity contribution in [1.82, 2.24) is 9.66 Å². The van der Waals surface area contributed by atoms with E-state index in [9.17, 15) is 0 Å². The summed E-state index contributed by atoms with van der Waals surface area (Å²) < 4.78 is 13.0. The van der Waals surface area contributed by atoms with Crippen LogP contribution >= 0.6 is 11.3 Å². The Morgan fingerprint density at radius 1 is 1.16 bits per heavy atom. The molecule has 0 amide bonds. The van der Waals surface area contributed by atoms with Crippen LogP contribution in [0.15, 0.2) is 70.4 Å². The number of pyridine rings is 1. The second-order valence-corrected chi connectivity index (χ2v) is 8.65. The molecule has 2 aromatic heterocycles. The van der Waals surface area contributed by atoms with E-state index in [0.29, 0.717) is 17.8 Å². The van der Waals surface area contributed by atoms with Crippen molar-refractivity contribution in [2.24, 2.45) is 27.8 Å². The van der Waals surface area contributed by atoms with Gasteiger partial charge in [0.1, 0.15) is 11.5 Å². The molecule has 2 bridgehead atoms. The highest BCUT2D eigenvalue weighted by Gasteiger charge is 2.34. The van der Waals surface area contributed by atoms with Gasteiger partial charge in [-0.05, 0) is 55.0 Å². The van der Waals surface area contributed by atoms with Gasteiger partial charge in [0, 0.05) is 29.3 Å². The Kier molecular flexibility index (Phi) is 5.42. The Balaban J connectivity index is 1.62. The third kappa shape index (κ3) is 3.93. The fraction of sp³-hybridized carbons (Fsp3) is 0.292. The molecule has 0 spiro atoms. The highest BCUT2D eigenvalue weighted by molar-refractivity contribution is 7.07. The summed E-state index contributed by atoms with van der Waals surface area (Å²) >= 11 is 1.54. The molecule has 2 aliphatic rings. The van der Waals surface area contributed by atoms with E-state index in [1.807, 2.05) is 35.0 Å². The van der Waals surface area contributed by atoms with Crippen LogP contribution in [0.3, 0.4) is 0 Å². The summed E-state index contributed by atoms with van der Waals surface area (Å²) in [6.45, 7) is 0. The molecule has 1 aromatic carbocycles. The highest BCUT2D eigenvalue weighted by atomic mass is 32.1. The lowest BCUT2D eigenvalue weighted by Gasteiger charge is -2.13. The van der Waals surface area contributed by atoms with Gasteiger partial charge in [0.15, 0.2) is 0 Å². The summed E-state index contributed by atoms with van der Waals surface area (Å²) in [5.41, 5.74) is 2.62. The molecule has 6 nitrogen and oxygen atoms in total. The van der Waals surface area contributed by atoms with Gasteiger partial charge >= 0.3 is 0 Å². The van der Waals surface area contributed by atoms with Crippen LogP contribution in [0, 0.1) is 17.8 Å². The Morgan fingerprint density at radius 2 is 2.10 bits per heavy atom. The molecule has 158 valence electrons. The molecule has 2 heterocycles. The molecule has 0 radical (unpaired) electrons. The van der Waals surface area contributed by atoms with E-state index in [-0.39, 0.29) is 0 Å².